The molecule has 2 unspecified atom stereocenters. The molecule has 5 heteroatoms. The van der Waals surface area contributed by atoms with Crippen molar-refractivity contribution in [2.75, 3.05) is 6.54 Å². The lowest BCUT2D eigenvalue weighted by Crippen LogP contribution is -2.29. The van der Waals surface area contributed by atoms with E-state index in [1.165, 1.54) is 0 Å². The Morgan fingerprint density at radius 1 is 1.42 bits per heavy atom. The number of aliphatic carboxylic acids is 1. The normalized spacial score (nSPS) is 13.5. The zero-order chi connectivity index (χ0) is 14.1. The lowest BCUT2D eigenvalue weighted by atomic mass is 10.0. The zero-order valence-electron chi connectivity index (χ0n) is 10.9. The number of hydrogen-bond donors (Lipinski definition) is 2. The van der Waals surface area contributed by atoms with E-state index in [-0.39, 0.29) is 12.5 Å². The Morgan fingerprint density at radius 2 is 2.11 bits per heavy atom. The van der Waals surface area contributed by atoms with Gasteiger partial charge in [0.25, 0.3) is 0 Å². The number of carboxylic acid groups (broad SMARTS) is 1. The van der Waals surface area contributed by atoms with Crippen LogP contribution in [0, 0.1) is 5.92 Å². The van der Waals surface area contributed by atoms with Crippen LogP contribution in [-0.2, 0) is 20.9 Å². The predicted octanol–water partition coefficient (Wildman–Crippen LogP) is 1.43. The molecule has 0 aliphatic carbocycles. The van der Waals surface area contributed by atoms with Crippen LogP contribution in [0.4, 0.5) is 0 Å². The summed E-state index contributed by atoms with van der Waals surface area (Å²) in [6.45, 7) is 2.59. The molecule has 0 radical (unpaired) electrons. The van der Waals surface area contributed by atoms with E-state index in [2.05, 4.69) is 5.32 Å². The maximum atomic E-state index is 11.1. The van der Waals surface area contributed by atoms with E-state index >= 15 is 0 Å². The van der Waals surface area contributed by atoms with Gasteiger partial charge in [-0.25, -0.2) is 4.79 Å². The molecule has 0 saturated carbocycles. The molecule has 0 spiro atoms. The second-order valence-electron chi connectivity index (χ2n) is 4.49. The molecule has 1 aromatic rings. The van der Waals surface area contributed by atoms with E-state index in [1.807, 2.05) is 37.3 Å². The van der Waals surface area contributed by atoms with Gasteiger partial charge in [-0.3, -0.25) is 4.79 Å². The highest BCUT2D eigenvalue weighted by Gasteiger charge is 2.21. The summed E-state index contributed by atoms with van der Waals surface area (Å²) < 4.78 is 5.42. The van der Waals surface area contributed by atoms with Crippen molar-refractivity contribution < 1.29 is 19.4 Å². The van der Waals surface area contributed by atoms with Crippen molar-refractivity contribution in [2.45, 2.75) is 26.1 Å². The average Bonchev–Trinajstić information content (AvgIpc) is 2.42. The van der Waals surface area contributed by atoms with Gasteiger partial charge in [-0.15, -0.1) is 0 Å². The molecule has 0 heterocycles. The first kappa shape index (κ1) is 15.2. The Kier molecular flexibility index (Phi) is 6.60. The van der Waals surface area contributed by atoms with Gasteiger partial charge in [-0.05, 0) is 17.9 Å². The van der Waals surface area contributed by atoms with Gasteiger partial charge >= 0.3 is 5.97 Å². The van der Waals surface area contributed by atoms with Crippen molar-refractivity contribution in [2.24, 2.45) is 5.92 Å². The maximum Gasteiger partial charge on any atom is 0.332 e. The van der Waals surface area contributed by atoms with E-state index < -0.39 is 12.1 Å². The molecule has 0 aromatic heterocycles. The number of carboxylic acids is 1. The summed E-state index contributed by atoms with van der Waals surface area (Å²) in [6, 6.07) is 9.42. The molecule has 2 N–H and O–H groups in total. The fraction of sp³-hybridized carbons (Fsp3) is 0.429. The number of carbonyl (C=O) groups is 2. The number of carbonyl (C=O) groups excluding carboxylic acids is 1. The van der Waals surface area contributed by atoms with Crippen molar-refractivity contribution in [1.82, 2.24) is 5.32 Å². The van der Waals surface area contributed by atoms with Gasteiger partial charge in [0.2, 0.25) is 6.41 Å². The first-order chi connectivity index (χ1) is 9.13. The molecule has 0 aliphatic heterocycles. The minimum atomic E-state index is -0.978. The van der Waals surface area contributed by atoms with Gasteiger partial charge in [0, 0.05) is 6.54 Å². The van der Waals surface area contributed by atoms with Crippen molar-refractivity contribution in [3.05, 3.63) is 35.9 Å². The van der Waals surface area contributed by atoms with Gasteiger partial charge in [0.05, 0.1) is 6.61 Å². The van der Waals surface area contributed by atoms with Crippen molar-refractivity contribution in [3.8, 4) is 0 Å². The smallest absolute Gasteiger partial charge is 0.332 e. The fourth-order valence-corrected chi connectivity index (χ4v) is 1.71. The first-order valence-corrected chi connectivity index (χ1v) is 6.19. The summed E-state index contributed by atoms with van der Waals surface area (Å²) in [5.41, 5.74) is 0.937. The SMILES string of the molecule is CC(CNC=O)CC(OCc1ccccc1)C(=O)O. The summed E-state index contributed by atoms with van der Waals surface area (Å²) in [6.07, 6.45) is 0.115. The number of ether oxygens (including phenoxy) is 1. The van der Waals surface area contributed by atoms with E-state index in [1.54, 1.807) is 0 Å². The van der Waals surface area contributed by atoms with Crippen LogP contribution in [-0.4, -0.2) is 30.1 Å². The lowest BCUT2D eigenvalue weighted by molar-refractivity contribution is -0.152. The summed E-state index contributed by atoms with van der Waals surface area (Å²) in [4.78, 5) is 21.3. The number of hydrogen-bond acceptors (Lipinski definition) is 3. The second-order valence-corrected chi connectivity index (χ2v) is 4.49. The molecule has 104 valence electrons. The predicted molar refractivity (Wildman–Crippen MR) is 70.5 cm³/mol. The van der Waals surface area contributed by atoms with Crippen LogP contribution < -0.4 is 5.32 Å². The maximum absolute atomic E-state index is 11.1. The molecule has 1 rings (SSSR count). The Labute approximate surface area is 112 Å². The molecular formula is C14H19NO4. The van der Waals surface area contributed by atoms with E-state index in [9.17, 15) is 9.59 Å². The zero-order valence-corrected chi connectivity index (χ0v) is 10.9. The van der Waals surface area contributed by atoms with Gasteiger partial charge in [0.15, 0.2) is 6.10 Å². The molecular weight excluding hydrogens is 246 g/mol. The molecule has 0 saturated heterocycles. The Morgan fingerprint density at radius 3 is 2.68 bits per heavy atom. The highest BCUT2D eigenvalue weighted by molar-refractivity contribution is 5.72. The third kappa shape index (κ3) is 6.01. The van der Waals surface area contributed by atoms with Crippen LogP contribution in [0.25, 0.3) is 0 Å². The number of rotatable bonds is 9. The highest BCUT2D eigenvalue weighted by atomic mass is 16.5. The third-order valence-electron chi connectivity index (χ3n) is 2.74. The topological polar surface area (TPSA) is 75.6 Å². The molecule has 0 fully saturated rings. The van der Waals surface area contributed by atoms with Crippen molar-refractivity contribution in [3.63, 3.8) is 0 Å². The van der Waals surface area contributed by atoms with Crippen molar-refractivity contribution >= 4 is 12.4 Å². The monoisotopic (exact) mass is 265 g/mol. The van der Waals surface area contributed by atoms with Crippen LogP contribution in [0.5, 0.6) is 0 Å². The van der Waals surface area contributed by atoms with Crippen molar-refractivity contribution in [1.29, 1.82) is 0 Å². The fourth-order valence-electron chi connectivity index (χ4n) is 1.71. The molecule has 5 nitrogen and oxygen atoms in total. The summed E-state index contributed by atoms with van der Waals surface area (Å²) in [7, 11) is 0. The highest BCUT2D eigenvalue weighted by Crippen LogP contribution is 2.11. The molecule has 2 atom stereocenters. The van der Waals surface area contributed by atoms with Gasteiger partial charge in [-0.1, -0.05) is 37.3 Å². The van der Waals surface area contributed by atoms with Gasteiger partial charge < -0.3 is 15.2 Å². The van der Waals surface area contributed by atoms with Gasteiger partial charge in [-0.2, -0.15) is 0 Å². The summed E-state index contributed by atoms with van der Waals surface area (Å²) in [5, 5.41) is 11.6. The first-order valence-electron chi connectivity index (χ1n) is 6.19. The molecule has 19 heavy (non-hydrogen) atoms. The number of benzene rings is 1. The molecule has 0 bridgehead atoms. The van der Waals surface area contributed by atoms with E-state index in [0.29, 0.717) is 19.4 Å². The largest absolute Gasteiger partial charge is 0.479 e. The van der Waals surface area contributed by atoms with Crippen LogP contribution in [0.1, 0.15) is 18.9 Å². The second kappa shape index (κ2) is 8.26. The summed E-state index contributed by atoms with van der Waals surface area (Å²) >= 11 is 0. The van der Waals surface area contributed by atoms with Gasteiger partial charge in [0.1, 0.15) is 0 Å². The van der Waals surface area contributed by atoms with Crippen LogP contribution >= 0.6 is 0 Å². The van der Waals surface area contributed by atoms with E-state index in [0.717, 1.165) is 5.56 Å². The minimum Gasteiger partial charge on any atom is -0.479 e. The Balaban J connectivity index is 2.44. The van der Waals surface area contributed by atoms with E-state index in [4.69, 9.17) is 9.84 Å². The number of amides is 1. The van der Waals surface area contributed by atoms with Crippen LogP contribution in [0.3, 0.4) is 0 Å². The molecule has 0 aliphatic rings. The quantitative estimate of drug-likeness (QED) is 0.662. The van der Waals surface area contributed by atoms with Crippen LogP contribution in [0.15, 0.2) is 30.3 Å². The standard InChI is InChI=1S/C14H19NO4/c1-11(8-15-10-16)7-13(14(17)18)19-9-12-5-3-2-4-6-12/h2-6,10-11,13H,7-9H2,1H3,(H,15,16)(H,17,18). The summed E-state index contributed by atoms with van der Waals surface area (Å²) in [5.74, 6) is -0.934. The number of nitrogens with one attached hydrogen (secondary N) is 1. The van der Waals surface area contributed by atoms with Crippen LogP contribution in [0.2, 0.25) is 0 Å². The lowest BCUT2D eigenvalue weighted by Gasteiger charge is -2.18. The Hall–Kier alpha value is -1.88. The Bertz CT molecular complexity index is 394. The minimum absolute atomic E-state index is 0.0436. The average molecular weight is 265 g/mol. The molecule has 1 aromatic carbocycles. The third-order valence-corrected chi connectivity index (χ3v) is 2.74. The molecule has 1 amide bonds.